The summed E-state index contributed by atoms with van der Waals surface area (Å²) in [7, 11) is 0. The molecular formula is C20H23FN6O. The molecule has 2 aromatic heterocycles. The number of hydrogen-bond donors (Lipinski definition) is 3. The van der Waals surface area contributed by atoms with Gasteiger partial charge in [0.1, 0.15) is 18.2 Å². The molecule has 0 spiro atoms. The summed E-state index contributed by atoms with van der Waals surface area (Å²) in [5.41, 5.74) is 0.622. The fraction of sp³-hybridized carbons (Fsp3) is 0.350. The Hall–Kier alpha value is -3.16. The third-order valence-corrected chi connectivity index (χ3v) is 4.90. The number of halogens is 1. The topological polar surface area (TPSA) is 91.1 Å². The standard InChI is InChI=1S/C20H23FN6O/c1-2-22-19(23-12-17-25-18(27-26-17)16-8-5-11-28-16)24-13-20(9-10-20)14-6-3-4-7-15(14)21/h3-8,11H,2,9-10,12-13H2,1H3,(H2,22,23,24)(H,25,26,27). The Balaban J connectivity index is 1.41. The van der Waals surface area contributed by atoms with Gasteiger partial charge in [-0.15, -0.1) is 5.10 Å². The van der Waals surface area contributed by atoms with Crippen molar-refractivity contribution < 1.29 is 8.81 Å². The zero-order valence-electron chi connectivity index (χ0n) is 15.7. The number of aromatic nitrogens is 3. The Morgan fingerprint density at radius 2 is 2.11 bits per heavy atom. The predicted molar refractivity (Wildman–Crippen MR) is 104 cm³/mol. The summed E-state index contributed by atoms with van der Waals surface area (Å²) in [6.45, 7) is 3.71. The molecule has 1 aliphatic rings. The summed E-state index contributed by atoms with van der Waals surface area (Å²) in [5, 5.41) is 13.6. The molecule has 4 rings (SSSR count). The molecule has 0 saturated heterocycles. The lowest BCUT2D eigenvalue weighted by Gasteiger charge is -2.19. The molecule has 0 atom stereocenters. The summed E-state index contributed by atoms with van der Waals surface area (Å²) in [5.74, 6) is 2.28. The van der Waals surface area contributed by atoms with Crippen molar-refractivity contribution in [2.75, 3.05) is 13.1 Å². The summed E-state index contributed by atoms with van der Waals surface area (Å²) >= 11 is 0. The van der Waals surface area contributed by atoms with Crippen LogP contribution in [-0.2, 0) is 12.0 Å². The fourth-order valence-electron chi connectivity index (χ4n) is 3.21. The molecule has 0 amide bonds. The zero-order chi connectivity index (χ0) is 19.4. The number of nitrogens with zero attached hydrogens (tertiary/aromatic N) is 3. The van der Waals surface area contributed by atoms with Crippen molar-refractivity contribution in [2.45, 2.75) is 31.7 Å². The van der Waals surface area contributed by atoms with E-state index in [1.54, 1.807) is 24.5 Å². The largest absolute Gasteiger partial charge is 0.461 e. The van der Waals surface area contributed by atoms with Crippen LogP contribution in [0.25, 0.3) is 11.6 Å². The minimum atomic E-state index is -0.153. The van der Waals surface area contributed by atoms with Crippen LogP contribution >= 0.6 is 0 Å². The summed E-state index contributed by atoms with van der Waals surface area (Å²) < 4.78 is 19.5. The van der Waals surface area contributed by atoms with Crippen molar-refractivity contribution in [3.05, 3.63) is 59.9 Å². The van der Waals surface area contributed by atoms with Gasteiger partial charge in [-0.1, -0.05) is 18.2 Å². The quantitative estimate of drug-likeness (QED) is 0.432. The molecule has 0 bridgehead atoms. The molecule has 3 aromatic rings. The first-order valence-electron chi connectivity index (χ1n) is 9.42. The summed E-state index contributed by atoms with van der Waals surface area (Å²) in [6.07, 6.45) is 3.52. The molecule has 0 unspecified atom stereocenters. The number of nitrogens with one attached hydrogen (secondary N) is 3. The van der Waals surface area contributed by atoms with Crippen LogP contribution in [0.1, 0.15) is 31.2 Å². The van der Waals surface area contributed by atoms with Crippen LogP contribution in [0.5, 0.6) is 0 Å². The van der Waals surface area contributed by atoms with Gasteiger partial charge in [0.25, 0.3) is 0 Å². The van der Waals surface area contributed by atoms with Crippen molar-refractivity contribution in [3.8, 4) is 11.6 Å². The van der Waals surface area contributed by atoms with Crippen molar-refractivity contribution in [1.29, 1.82) is 0 Å². The van der Waals surface area contributed by atoms with E-state index in [4.69, 9.17) is 4.42 Å². The lowest BCUT2D eigenvalue weighted by molar-refractivity contribution is 0.559. The number of rotatable bonds is 7. The van der Waals surface area contributed by atoms with Crippen LogP contribution in [0.15, 0.2) is 52.1 Å². The maximum absolute atomic E-state index is 14.2. The number of aliphatic imine (C=N–C) groups is 1. The van der Waals surface area contributed by atoms with Crippen LogP contribution in [0.4, 0.5) is 4.39 Å². The minimum Gasteiger partial charge on any atom is -0.461 e. The van der Waals surface area contributed by atoms with E-state index in [0.717, 1.165) is 24.9 Å². The van der Waals surface area contributed by atoms with E-state index in [0.29, 0.717) is 36.5 Å². The number of aromatic amines is 1. The highest BCUT2D eigenvalue weighted by Crippen LogP contribution is 2.48. The van der Waals surface area contributed by atoms with Gasteiger partial charge in [-0.25, -0.2) is 14.4 Å². The molecule has 8 heteroatoms. The summed E-state index contributed by atoms with van der Waals surface area (Å²) in [6, 6.07) is 10.6. The van der Waals surface area contributed by atoms with Crippen LogP contribution in [-0.4, -0.2) is 34.2 Å². The van der Waals surface area contributed by atoms with Gasteiger partial charge < -0.3 is 15.1 Å². The normalized spacial score (nSPS) is 15.4. The van der Waals surface area contributed by atoms with Gasteiger partial charge in [0.2, 0.25) is 5.82 Å². The Kier molecular flexibility index (Phi) is 5.10. The SMILES string of the molecule is CCNC(=NCc1nc(-c2ccco2)n[nH]1)NCC1(c2ccccc2F)CC1. The van der Waals surface area contributed by atoms with Gasteiger partial charge in [-0.05, 0) is 43.5 Å². The van der Waals surface area contributed by atoms with E-state index >= 15 is 0 Å². The first-order chi connectivity index (χ1) is 13.7. The van der Waals surface area contributed by atoms with E-state index in [2.05, 4.69) is 30.8 Å². The molecule has 28 heavy (non-hydrogen) atoms. The van der Waals surface area contributed by atoms with Crippen LogP contribution in [0.3, 0.4) is 0 Å². The van der Waals surface area contributed by atoms with Crippen LogP contribution in [0, 0.1) is 5.82 Å². The number of furan rings is 1. The van der Waals surface area contributed by atoms with Gasteiger partial charge in [0.05, 0.1) is 6.26 Å². The molecule has 0 radical (unpaired) electrons. The molecular weight excluding hydrogens is 359 g/mol. The third-order valence-electron chi connectivity index (χ3n) is 4.90. The second kappa shape index (κ2) is 7.84. The highest BCUT2D eigenvalue weighted by Gasteiger charge is 2.45. The molecule has 7 nitrogen and oxygen atoms in total. The van der Waals surface area contributed by atoms with E-state index in [1.165, 1.54) is 6.07 Å². The van der Waals surface area contributed by atoms with Gasteiger partial charge in [-0.3, -0.25) is 5.10 Å². The second-order valence-corrected chi connectivity index (χ2v) is 6.89. The molecule has 3 N–H and O–H groups in total. The fourth-order valence-corrected chi connectivity index (χ4v) is 3.21. The minimum absolute atomic E-state index is 0.143. The highest BCUT2D eigenvalue weighted by molar-refractivity contribution is 5.79. The lowest BCUT2D eigenvalue weighted by Crippen LogP contribution is -2.41. The van der Waals surface area contributed by atoms with Crippen molar-refractivity contribution >= 4 is 5.96 Å². The number of hydrogen-bond acceptors (Lipinski definition) is 4. The highest BCUT2D eigenvalue weighted by atomic mass is 19.1. The molecule has 1 aliphatic carbocycles. The van der Waals surface area contributed by atoms with Crippen molar-refractivity contribution in [1.82, 2.24) is 25.8 Å². The third kappa shape index (κ3) is 3.90. The van der Waals surface area contributed by atoms with Gasteiger partial charge >= 0.3 is 0 Å². The van der Waals surface area contributed by atoms with Gasteiger partial charge in [0, 0.05) is 18.5 Å². The second-order valence-electron chi connectivity index (χ2n) is 6.89. The Bertz CT molecular complexity index is 945. The zero-order valence-corrected chi connectivity index (χ0v) is 15.7. The van der Waals surface area contributed by atoms with E-state index in [-0.39, 0.29) is 11.2 Å². The molecule has 1 fully saturated rings. The average molecular weight is 382 g/mol. The maximum Gasteiger partial charge on any atom is 0.216 e. The van der Waals surface area contributed by atoms with Crippen LogP contribution < -0.4 is 10.6 Å². The average Bonchev–Trinajstić information content (AvgIpc) is 3.10. The maximum atomic E-state index is 14.2. The van der Waals surface area contributed by atoms with E-state index in [9.17, 15) is 4.39 Å². The van der Waals surface area contributed by atoms with Gasteiger partial charge in [0.15, 0.2) is 11.7 Å². The first-order valence-corrected chi connectivity index (χ1v) is 9.42. The number of guanidine groups is 1. The Labute approximate surface area is 162 Å². The molecule has 0 aliphatic heterocycles. The Morgan fingerprint density at radius 1 is 1.25 bits per heavy atom. The molecule has 1 aromatic carbocycles. The van der Waals surface area contributed by atoms with Crippen LogP contribution in [0.2, 0.25) is 0 Å². The number of H-pyrrole nitrogens is 1. The first kappa shape index (κ1) is 18.2. The smallest absolute Gasteiger partial charge is 0.216 e. The van der Waals surface area contributed by atoms with Gasteiger partial charge in [-0.2, -0.15) is 0 Å². The monoisotopic (exact) mass is 382 g/mol. The number of benzene rings is 1. The molecule has 146 valence electrons. The Morgan fingerprint density at radius 3 is 2.82 bits per heavy atom. The lowest BCUT2D eigenvalue weighted by atomic mass is 9.95. The van der Waals surface area contributed by atoms with Crippen molar-refractivity contribution in [3.63, 3.8) is 0 Å². The molecule has 1 saturated carbocycles. The van der Waals surface area contributed by atoms with Crippen molar-refractivity contribution in [2.24, 2.45) is 4.99 Å². The molecule has 2 heterocycles. The van der Waals surface area contributed by atoms with E-state index < -0.39 is 0 Å². The predicted octanol–water partition coefficient (Wildman–Crippen LogP) is 2.99. The summed E-state index contributed by atoms with van der Waals surface area (Å²) in [4.78, 5) is 8.95. The van der Waals surface area contributed by atoms with E-state index in [1.807, 2.05) is 19.1 Å².